The fourth-order valence-corrected chi connectivity index (χ4v) is 6.81. The lowest BCUT2D eigenvalue weighted by Crippen LogP contribution is -2.67. The molecule has 1 amide bonds. The van der Waals surface area contributed by atoms with Gasteiger partial charge in [-0.3, -0.25) is 9.69 Å². The minimum atomic E-state index is -0.922. The number of halogens is 1. The summed E-state index contributed by atoms with van der Waals surface area (Å²) in [6.45, 7) is 5.27. The Morgan fingerprint density at radius 2 is 1.13 bits per heavy atom. The average Bonchev–Trinajstić information content (AvgIpc) is 3.29. The van der Waals surface area contributed by atoms with E-state index in [4.69, 9.17) is 23.8 Å². The zero-order valence-corrected chi connectivity index (χ0v) is 22.9. The molecule has 2 aliphatic rings. The number of anilines is 3. The van der Waals surface area contributed by atoms with Crippen LogP contribution in [0.2, 0.25) is 5.02 Å². The number of amides is 1. The minimum Gasteiger partial charge on any atom is -0.336 e. The predicted octanol–water partition coefficient (Wildman–Crippen LogP) is 7.46. The number of hydrogen-bond acceptors (Lipinski definition) is 4. The van der Waals surface area contributed by atoms with E-state index in [0.717, 1.165) is 28.2 Å². The summed E-state index contributed by atoms with van der Waals surface area (Å²) in [6, 6.07) is 36.5. The summed E-state index contributed by atoms with van der Waals surface area (Å²) in [5, 5.41) is 0.616. The van der Waals surface area contributed by atoms with Crippen molar-refractivity contribution in [3.05, 3.63) is 125 Å². The Kier molecular flexibility index (Phi) is 6.01. The van der Waals surface area contributed by atoms with Gasteiger partial charge in [-0.1, -0.05) is 96.6 Å². The SMILES string of the molecule is CC1(C)C(=O)N(c2ccc(Cl)cc2)C(=S)C12N(Cc1ccccc1)c1ccccc1N2Cc1ccccc1. The lowest BCUT2D eigenvalue weighted by Gasteiger charge is -2.49. The first kappa shape index (κ1) is 24.7. The van der Waals surface area contributed by atoms with Crippen LogP contribution in [0.15, 0.2) is 109 Å². The van der Waals surface area contributed by atoms with Crippen molar-refractivity contribution >= 4 is 51.8 Å². The van der Waals surface area contributed by atoms with Crippen LogP contribution in [0.3, 0.4) is 0 Å². The van der Waals surface area contributed by atoms with E-state index < -0.39 is 11.1 Å². The third-order valence-corrected chi connectivity index (χ3v) is 8.53. The van der Waals surface area contributed by atoms with Crippen LogP contribution >= 0.6 is 23.8 Å². The molecule has 2 heterocycles. The molecule has 6 heteroatoms. The maximum absolute atomic E-state index is 14.4. The zero-order valence-electron chi connectivity index (χ0n) is 21.3. The van der Waals surface area contributed by atoms with E-state index in [1.165, 1.54) is 0 Å². The molecular weight excluding hydrogens is 510 g/mol. The summed E-state index contributed by atoms with van der Waals surface area (Å²) in [5.41, 5.74) is 3.35. The van der Waals surface area contributed by atoms with E-state index in [-0.39, 0.29) is 5.91 Å². The van der Waals surface area contributed by atoms with Gasteiger partial charge < -0.3 is 9.80 Å². The molecule has 2 aliphatic heterocycles. The molecule has 0 atom stereocenters. The van der Waals surface area contributed by atoms with Crippen LogP contribution in [-0.2, 0) is 17.9 Å². The number of fused-ring (bicyclic) bond motifs is 1. The molecule has 6 rings (SSSR count). The van der Waals surface area contributed by atoms with Crippen molar-refractivity contribution in [2.24, 2.45) is 5.41 Å². The Hall–Kier alpha value is -3.67. The van der Waals surface area contributed by atoms with Gasteiger partial charge in [0, 0.05) is 23.8 Å². The summed E-state index contributed by atoms with van der Waals surface area (Å²) in [4.78, 5) is 21.4. The normalized spacial score (nSPS) is 17.4. The van der Waals surface area contributed by atoms with Gasteiger partial charge in [-0.05, 0) is 61.4 Å². The molecule has 0 unspecified atom stereocenters. The Bertz CT molecular complexity index is 1440. The van der Waals surface area contributed by atoms with Gasteiger partial charge in [0.25, 0.3) is 0 Å². The van der Waals surface area contributed by atoms with Gasteiger partial charge in [-0.25, -0.2) is 0 Å². The molecule has 1 fully saturated rings. The van der Waals surface area contributed by atoms with Gasteiger partial charge in [0.2, 0.25) is 5.91 Å². The molecule has 0 aliphatic carbocycles. The van der Waals surface area contributed by atoms with Crippen LogP contribution < -0.4 is 14.7 Å². The predicted molar refractivity (Wildman–Crippen MR) is 160 cm³/mol. The summed E-state index contributed by atoms with van der Waals surface area (Å²) in [6.07, 6.45) is 0. The number of nitrogens with zero attached hydrogens (tertiary/aromatic N) is 3. The lowest BCUT2D eigenvalue weighted by molar-refractivity contribution is -0.125. The molecule has 1 saturated heterocycles. The van der Waals surface area contributed by atoms with Crippen LogP contribution in [0.1, 0.15) is 25.0 Å². The van der Waals surface area contributed by atoms with Crippen molar-refractivity contribution in [3.8, 4) is 0 Å². The second kappa shape index (κ2) is 9.26. The van der Waals surface area contributed by atoms with Crippen LogP contribution in [0, 0.1) is 5.41 Å². The third kappa shape index (κ3) is 3.57. The largest absolute Gasteiger partial charge is 0.336 e. The molecule has 0 bridgehead atoms. The topological polar surface area (TPSA) is 26.8 Å². The fourth-order valence-electron chi connectivity index (χ4n) is 6.02. The molecule has 0 saturated carbocycles. The van der Waals surface area contributed by atoms with E-state index in [0.29, 0.717) is 23.1 Å². The number of para-hydroxylation sites is 2. The van der Waals surface area contributed by atoms with Crippen LogP contribution in [0.25, 0.3) is 0 Å². The highest BCUT2D eigenvalue weighted by Gasteiger charge is 2.71. The minimum absolute atomic E-state index is 0.0336. The Balaban J connectivity index is 1.59. The Labute approximate surface area is 234 Å². The maximum Gasteiger partial charge on any atom is 0.242 e. The standard InChI is InChI=1S/C32H28ClN3OS/c1-31(2)29(37)36(26-19-17-25(33)18-20-26)30(38)32(31)34(21-23-11-5-3-6-12-23)27-15-9-10-16-28(27)35(32)22-24-13-7-4-8-14-24/h3-20H,21-22H2,1-2H3. The summed E-state index contributed by atoms with van der Waals surface area (Å²) >= 11 is 12.6. The molecule has 4 aromatic rings. The van der Waals surface area contributed by atoms with Crippen molar-refractivity contribution in [2.45, 2.75) is 32.6 Å². The van der Waals surface area contributed by atoms with E-state index in [2.05, 4.69) is 82.6 Å². The van der Waals surface area contributed by atoms with E-state index >= 15 is 0 Å². The number of thiocarbonyl (C=S) groups is 1. The summed E-state index contributed by atoms with van der Waals surface area (Å²) < 4.78 is 0. The first-order chi connectivity index (χ1) is 18.4. The van der Waals surface area contributed by atoms with Crippen LogP contribution in [-0.4, -0.2) is 16.6 Å². The number of carbonyl (C=O) groups is 1. The highest BCUT2D eigenvalue weighted by atomic mass is 35.5. The van der Waals surface area contributed by atoms with Crippen molar-refractivity contribution in [1.29, 1.82) is 0 Å². The van der Waals surface area contributed by atoms with E-state index in [1.807, 2.05) is 38.1 Å². The number of hydrogen-bond donors (Lipinski definition) is 0. The molecular formula is C32H28ClN3OS. The molecule has 0 radical (unpaired) electrons. The summed E-state index contributed by atoms with van der Waals surface area (Å²) in [5.74, 6) is -0.0336. The molecule has 4 nitrogen and oxygen atoms in total. The first-order valence-electron chi connectivity index (χ1n) is 12.7. The van der Waals surface area contributed by atoms with Crippen molar-refractivity contribution in [1.82, 2.24) is 0 Å². The van der Waals surface area contributed by atoms with Crippen molar-refractivity contribution < 1.29 is 4.79 Å². The maximum atomic E-state index is 14.4. The van der Waals surface area contributed by atoms with Crippen molar-refractivity contribution in [2.75, 3.05) is 14.7 Å². The second-order valence-corrected chi connectivity index (χ2v) is 11.2. The van der Waals surface area contributed by atoms with Gasteiger partial charge in [-0.2, -0.15) is 0 Å². The van der Waals surface area contributed by atoms with Gasteiger partial charge in [0.1, 0.15) is 4.99 Å². The van der Waals surface area contributed by atoms with Crippen molar-refractivity contribution in [3.63, 3.8) is 0 Å². The highest BCUT2D eigenvalue weighted by Crippen LogP contribution is 2.58. The van der Waals surface area contributed by atoms with Gasteiger partial charge in [0.05, 0.1) is 16.8 Å². The molecule has 190 valence electrons. The molecule has 38 heavy (non-hydrogen) atoms. The third-order valence-electron chi connectivity index (χ3n) is 7.81. The molecule has 1 spiro atoms. The quantitative estimate of drug-likeness (QED) is 0.247. The number of carbonyl (C=O) groups excluding carboxylic acids is 1. The van der Waals surface area contributed by atoms with Crippen LogP contribution in [0.4, 0.5) is 17.1 Å². The molecule has 0 aromatic heterocycles. The van der Waals surface area contributed by atoms with Gasteiger partial charge in [-0.15, -0.1) is 0 Å². The zero-order chi connectivity index (χ0) is 26.5. The molecule has 0 N–H and O–H groups in total. The Morgan fingerprint density at radius 1 is 0.684 bits per heavy atom. The second-order valence-electron chi connectivity index (χ2n) is 10.4. The summed E-state index contributed by atoms with van der Waals surface area (Å²) in [7, 11) is 0. The highest BCUT2D eigenvalue weighted by molar-refractivity contribution is 7.81. The monoisotopic (exact) mass is 537 g/mol. The number of benzene rings is 4. The molecule has 4 aromatic carbocycles. The van der Waals surface area contributed by atoms with Gasteiger partial charge in [0.15, 0.2) is 5.66 Å². The average molecular weight is 538 g/mol. The number of rotatable bonds is 5. The van der Waals surface area contributed by atoms with E-state index in [9.17, 15) is 4.79 Å². The fraction of sp³-hybridized carbons (Fsp3) is 0.188. The first-order valence-corrected chi connectivity index (χ1v) is 13.5. The Morgan fingerprint density at radius 3 is 1.61 bits per heavy atom. The van der Waals surface area contributed by atoms with E-state index in [1.54, 1.807) is 17.0 Å². The van der Waals surface area contributed by atoms with Crippen LogP contribution in [0.5, 0.6) is 0 Å². The van der Waals surface area contributed by atoms with Gasteiger partial charge >= 0.3 is 0 Å². The lowest BCUT2D eigenvalue weighted by atomic mass is 9.78. The smallest absolute Gasteiger partial charge is 0.242 e.